The summed E-state index contributed by atoms with van der Waals surface area (Å²) in [6.07, 6.45) is 0.799. The first kappa shape index (κ1) is 12.7. The summed E-state index contributed by atoms with van der Waals surface area (Å²) in [6, 6.07) is 0. The van der Waals surface area contributed by atoms with E-state index in [4.69, 9.17) is 1.37 Å². The van der Waals surface area contributed by atoms with Crippen molar-refractivity contribution in [3.63, 3.8) is 0 Å². The average Bonchev–Trinajstić information content (AvgIpc) is 2.27. The normalized spacial score (nSPS) is 10.6. The lowest BCUT2D eigenvalue weighted by Gasteiger charge is -2.02. The number of hydrogen-bond donors (Lipinski definition) is 2. The van der Waals surface area contributed by atoms with Crippen molar-refractivity contribution in [2.75, 3.05) is 25.1 Å². The van der Waals surface area contributed by atoms with Crippen molar-refractivity contribution < 1.29 is 11.0 Å². The fourth-order valence-electron chi connectivity index (χ4n) is 0.698. The molecule has 6 heteroatoms. The minimum Gasteiger partial charge on any atom is -0.359 e. The molecule has 88 valence electrons. The van der Waals surface area contributed by atoms with Gasteiger partial charge in [-0.15, -0.1) is 0 Å². The molecule has 0 unspecified atom stereocenters. The Morgan fingerprint density at radius 3 is 2.67 bits per heavy atom. The Morgan fingerprint density at radius 1 is 1.27 bits per heavy atom. The monoisotopic (exact) mass is 252 g/mol. The summed E-state index contributed by atoms with van der Waals surface area (Å²) in [7, 11) is 4.90. The number of rotatable bonds is 8. The minimum atomic E-state index is -0.0639. The average molecular weight is 252 g/mol. The summed E-state index contributed by atoms with van der Waals surface area (Å²) >= 11 is 0. The summed E-state index contributed by atoms with van der Waals surface area (Å²) in [4.78, 5) is 21.8. The number of nitrogens with one attached hydrogen (secondary N) is 2. The van der Waals surface area contributed by atoms with Gasteiger partial charge in [-0.1, -0.05) is 28.5 Å². The van der Waals surface area contributed by atoms with E-state index in [1.54, 1.807) is 28.6 Å². The molecule has 15 heavy (non-hydrogen) atoms. The Labute approximate surface area is 100 Å². The van der Waals surface area contributed by atoms with E-state index >= 15 is 0 Å². The molecule has 0 heterocycles. The van der Waals surface area contributed by atoms with Gasteiger partial charge in [-0.25, -0.2) is 0 Å². The molecule has 2 N–H and O–H groups in total. The van der Waals surface area contributed by atoms with Crippen molar-refractivity contribution in [3.8, 4) is 0 Å². The zero-order valence-corrected chi connectivity index (χ0v) is 10.5. The van der Waals surface area contributed by atoms with Crippen LogP contribution >= 0.6 is 21.6 Å². The van der Waals surface area contributed by atoms with Crippen LogP contribution < -0.4 is 10.6 Å². The van der Waals surface area contributed by atoms with Crippen molar-refractivity contribution in [1.29, 1.82) is 0 Å². The van der Waals surface area contributed by atoms with Crippen LogP contribution in [-0.2, 0) is 9.59 Å². The van der Waals surface area contributed by atoms with Crippen LogP contribution in [0.4, 0.5) is 0 Å². The third-order valence-electron chi connectivity index (χ3n) is 1.51. The van der Waals surface area contributed by atoms with Crippen LogP contribution in [0.5, 0.6) is 0 Å². The molecule has 0 atom stereocenters. The molecule has 0 spiro atoms. The lowest BCUT2D eigenvalue weighted by atomic mass is 10.4. The largest absolute Gasteiger partial charge is 0.359 e. The Balaban J connectivity index is 3.15. The first-order chi connectivity index (χ1) is 7.70. The molecule has 0 aliphatic heterocycles. The Morgan fingerprint density at radius 2 is 2.00 bits per heavy atom. The highest BCUT2D eigenvalue weighted by Crippen LogP contribution is 2.20. The predicted molar refractivity (Wildman–Crippen MR) is 66.9 cm³/mol. The van der Waals surface area contributed by atoms with E-state index < -0.39 is 0 Å². The van der Waals surface area contributed by atoms with E-state index in [-0.39, 0.29) is 25.1 Å². The molecule has 0 aromatic heterocycles. The standard InChI is InChI=1S/C9H18N2O2S2/c1-3-8(12)11-5-7-15-14-6-4-9(13)10-2/h3-7H2,1-2H3,(H,10,13)(H,11,12)/i1T. The summed E-state index contributed by atoms with van der Waals surface area (Å²) in [6.45, 7) is 0.760. The SMILES string of the molecule is [3H]CCC(=O)NCCSSCCC(=O)NC. The van der Waals surface area contributed by atoms with E-state index in [2.05, 4.69) is 10.6 Å². The van der Waals surface area contributed by atoms with Gasteiger partial charge in [0, 0.05) is 39.3 Å². The van der Waals surface area contributed by atoms with Gasteiger partial charge < -0.3 is 10.6 Å². The van der Waals surface area contributed by atoms with Gasteiger partial charge in [0.1, 0.15) is 0 Å². The topological polar surface area (TPSA) is 58.2 Å². The highest BCUT2D eigenvalue weighted by Gasteiger charge is 1.98. The maximum atomic E-state index is 11.0. The summed E-state index contributed by atoms with van der Waals surface area (Å²) in [5, 5.41) is 5.28. The number of carbonyl (C=O) groups is 2. The fourth-order valence-corrected chi connectivity index (χ4v) is 2.59. The quantitative estimate of drug-likeness (QED) is 0.500. The minimum absolute atomic E-state index is 0.0526. The molecule has 2 amide bonds. The lowest BCUT2D eigenvalue weighted by Crippen LogP contribution is -2.24. The van der Waals surface area contributed by atoms with Gasteiger partial charge in [-0.2, -0.15) is 0 Å². The maximum absolute atomic E-state index is 11.0. The first-order valence-electron chi connectivity index (χ1n) is 5.42. The van der Waals surface area contributed by atoms with Gasteiger partial charge in [0.05, 0.1) is 0 Å². The van der Waals surface area contributed by atoms with E-state index in [9.17, 15) is 9.59 Å². The molecule has 0 aromatic carbocycles. The van der Waals surface area contributed by atoms with Crippen LogP contribution in [0.2, 0.25) is 0 Å². The lowest BCUT2D eigenvalue weighted by molar-refractivity contribution is -0.121. The van der Waals surface area contributed by atoms with Gasteiger partial charge in [-0.3, -0.25) is 9.59 Å². The van der Waals surface area contributed by atoms with Gasteiger partial charge in [0.2, 0.25) is 11.8 Å². The maximum Gasteiger partial charge on any atom is 0.220 e. The molecule has 0 aliphatic carbocycles. The van der Waals surface area contributed by atoms with Crippen LogP contribution in [0.15, 0.2) is 0 Å². The second-order valence-electron chi connectivity index (χ2n) is 2.67. The van der Waals surface area contributed by atoms with Gasteiger partial charge in [0.15, 0.2) is 0 Å². The second-order valence-corrected chi connectivity index (χ2v) is 5.37. The summed E-state index contributed by atoms with van der Waals surface area (Å²) in [5.74, 6) is 1.59. The first-order valence-corrected chi connectivity index (χ1v) is 7.20. The van der Waals surface area contributed by atoms with Crippen LogP contribution in [0.1, 0.15) is 21.1 Å². The van der Waals surface area contributed by atoms with Crippen molar-refractivity contribution in [2.45, 2.75) is 19.7 Å². The molecule has 0 saturated heterocycles. The third kappa shape index (κ3) is 9.93. The van der Waals surface area contributed by atoms with E-state index in [1.807, 2.05) is 0 Å². The molecule has 0 radical (unpaired) electrons. The molecular weight excluding hydrogens is 232 g/mol. The Kier molecular flexibility index (Phi) is 8.61. The number of carbonyl (C=O) groups excluding carboxylic acids is 2. The highest BCUT2D eigenvalue weighted by atomic mass is 33.1. The van der Waals surface area contributed by atoms with Gasteiger partial charge in [0.25, 0.3) is 0 Å². The fraction of sp³-hybridized carbons (Fsp3) is 0.778. The third-order valence-corrected chi connectivity index (χ3v) is 3.92. The van der Waals surface area contributed by atoms with E-state index in [0.717, 1.165) is 11.5 Å². The molecule has 0 rings (SSSR count). The Hall–Kier alpha value is -0.360. The smallest absolute Gasteiger partial charge is 0.220 e. The highest BCUT2D eigenvalue weighted by molar-refractivity contribution is 8.76. The summed E-state index contributed by atoms with van der Waals surface area (Å²) < 4.78 is 6.85. The van der Waals surface area contributed by atoms with Crippen LogP contribution in [-0.4, -0.2) is 36.9 Å². The van der Waals surface area contributed by atoms with Crippen LogP contribution in [0.3, 0.4) is 0 Å². The van der Waals surface area contributed by atoms with Crippen LogP contribution in [0, 0.1) is 0 Å². The van der Waals surface area contributed by atoms with Gasteiger partial charge in [-0.05, 0) is 0 Å². The Bertz CT molecular complexity index is 218. The zero-order valence-electron chi connectivity index (χ0n) is 9.88. The van der Waals surface area contributed by atoms with Crippen molar-refractivity contribution >= 4 is 33.4 Å². The molecule has 0 fully saturated rings. The van der Waals surface area contributed by atoms with Crippen molar-refractivity contribution in [3.05, 3.63) is 0 Å². The van der Waals surface area contributed by atoms with E-state index in [1.165, 1.54) is 0 Å². The zero-order chi connectivity index (χ0) is 12.2. The van der Waals surface area contributed by atoms with Crippen molar-refractivity contribution in [1.82, 2.24) is 10.6 Å². The number of hydrogen-bond acceptors (Lipinski definition) is 4. The molecule has 0 bridgehead atoms. The molecule has 0 aliphatic rings. The molecule has 4 nitrogen and oxygen atoms in total. The predicted octanol–water partition coefficient (Wildman–Crippen LogP) is 1.03. The number of amides is 2. The van der Waals surface area contributed by atoms with E-state index in [0.29, 0.717) is 13.0 Å². The molecular formula is C9H18N2O2S2. The summed E-state index contributed by atoms with van der Waals surface area (Å²) in [5.41, 5.74) is 0. The van der Waals surface area contributed by atoms with Crippen LogP contribution in [0.25, 0.3) is 0 Å². The molecule has 0 aromatic rings. The van der Waals surface area contributed by atoms with Gasteiger partial charge >= 0.3 is 0 Å². The second kappa shape index (κ2) is 10.2. The molecule has 0 saturated carbocycles. The van der Waals surface area contributed by atoms with Crippen molar-refractivity contribution in [2.24, 2.45) is 0 Å².